The maximum Gasteiger partial charge on any atom is 0.293 e. The van der Waals surface area contributed by atoms with Crippen molar-refractivity contribution in [1.29, 1.82) is 0 Å². The largest absolute Gasteiger partial charge is 0.463 e. The maximum atomic E-state index is 11.0. The molecule has 2 saturated carbocycles. The smallest absolute Gasteiger partial charge is 0.293 e. The molecule has 288 valence electrons. The summed E-state index contributed by atoms with van der Waals surface area (Å²) in [6, 6.07) is 9.55. The molecule has 4 rings (SSSR count). The first-order chi connectivity index (χ1) is 23.6. The van der Waals surface area contributed by atoms with Gasteiger partial charge in [0.2, 0.25) is 0 Å². The molecule has 7 unspecified atom stereocenters. The molecule has 3 aliphatic rings. The van der Waals surface area contributed by atoms with Crippen LogP contribution in [0.3, 0.4) is 0 Å². The highest BCUT2D eigenvalue weighted by atomic mass is 16.5. The number of carbonyl (C=O) groups is 1. The van der Waals surface area contributed by atoms with Crippen LogP contribution >= 0.6 is 0 Å². The van der Waals surface area contributed by atoms with Gasteiger partial charge >= 0.3 is 0 Å². The first-order valence-electron chi connectivity index (χ1n) is 21.1. The van der Waals surface area contributed by atoms with Crippen LogP contribution < -0.4 is 0 Å². The predicted molar refractivity (Wildman–Crippen MR) is 218 cm³/mol. The van der Waals surface area contributed by atoms with Gasteiger partial charge in [-0.05, 0) is 110 Å². The van der Waals surface area contributed by atoms with Gasteiger partial charge in [0.1, 0.15) is 6.61 Å². The Morgan fingerprint density at radius 2 is 1.51 bits per heavy atom. The lowest BCUT2D eigenvalue weighted by Crippen LogP contribution is -2.51. The summed E-state index contributed by atoms with van der Waals surface area (Å²) >= 11 is 0. The first kappa shape index (κ1) is 49.5. The van der Waals surface area contributed by atoms with E-state index < -0.39 is 0 Å². The summed E-state index contributed by atoms with van der Waals surface area (Å²) in [5.74, 6) is 4.59. The summed E-state index contributed by atoms with van der Waals surface area (Å²) in [5, 5.41) is 11.0. The molecular formula is C46H86O3. The van der Waals surface area contributed by atoms with Crippen LogP contribution in [0, 0.1) is 46.3 Å². The maximum absolute atomic E-state index is 11.0. The van der Waals surface area contributed by atoms with E-state index >= 15 is 0 Å². The molecule has 0 radical (unpaired) electrons. The third kappa shape index (κ3) is 15.3. The number of hydrogen-bond acceptors (Lipinski definition) is 3. The second-order valence-corrected chi connectivity index (χ2v) is 14.9. The number of aliphatic hydroxyl groups is 1. The van der Waals surface area contributed by atoms with Gasteiger partial charge in [0.05, 0.1) is 6.10 Å². The van der Waals surface area contributed by atoms with E-state index in [1.807, 2.05) is 85.7 Å². The molecule has 1 N–H and O–H groups in total. The molecule has 0 spiro atoms. The molecule has 49 heavy (non-hydrogen) atoms. The normalized spacial score (nSPS) is 25.7. The highest BCUT2D eigenvalue weighted by Crippen LogP contribution is 2.64. The highest BCUT2D eigenvalue weighted by Gasteiger charge is 2.55. The average Bonchev–Trinajstić information content (AvgIpc) is 3.13. The lowest BCUT2D eigenvalue weighted by molar-refractivity contribution is -0.129. The Labute approximate surface area is 307 Å². The van der Waals surface area contributed by atoms with E-state index in [1.165, 1.54) is 70.6 Å². The van der Waals surface area contributed by atoms with Crippen LogP contribution in [-0.4, -0.2) is 17.7 Å². The molecule has 3 aliphatic carbocycles. The van der Waals surface area contributed by atoms with Crippen molar-refractivity contribution in [3.8, 4) is 0 Å². The van der Waals surface area contributed by atoms with E-state index in [-0.39, 0.29) is 11.5 Å². The summed E-state index contributed by atoms with van der Waals surface area (Å²) in [4.78, 5) is 9.76. The summed E-state index contributed by atoms with van der Waals surface area (Å²) in [6.07, 6.45) is 18.3. The number of carbonyl (C=O) groups excluding carboxylic acids is 1. The first-order valence-corrected chi connectivity index (χ1v) is 21.1. The lowest BCUT2D eigenvalue weighted by atomic mass is 9.45. The Morgan fingerprint density at radius 3 is 2.04 bits per heavy atom. The molecule has 0 amide bonds. The second kappa shape index (κ2) is 28.0. The molecule has 3 nitrogen and oxygen atoms in total. The van der Waals surface area contributed by atoms with Gasteiger partial charge in [-0.25, -0.2) is 0 Å². The van der Waals surface area contributed by atoms with Crippen molar-refractivity contribution in [2.45, 2.75) is 194 Å². The second-order valence-electron chi connectivity index (χ2n) is 14.9. The van der Waals surface area contributed by atoms with Crippen molar-refractivity contribution in [2.24, 2.45) is 46.3 Å². The zero-order chi connectivity index (χ0) is 38.0. The zero-order valence-electron chi connectivity index (χ0n) is 35.5. The number of fused-ring (bicyclic) bond motifs is 3. The lowest BCUT2D eigenvalue weighted by Gasteiger charge is -2.59. The fraction of sp³-hybridized carbons (Fsp3) is 0.804. The molecule has 1 aromatic carbocycles. The predicted octanol–water partition coefficient (Wildman–Crippen LogP) is 14.3. The molecule has 0 saturated heterocycles. The molecule has 3 heteroatoms. The summed E-state index contributed by atoms with van der Waals surface area (Å²) in [7, 11) is 0. The minimum atomic E-state index is -0.128. The molecule has 0 bridgehead atoms. The van der Waals surface area contributed by atoms with E-state index in [0.29, 0.717) is 30.3 Å². The van der Waals surface area contributed by atoms with Crippen LogP contribution in [-0.2, 0) is 16.1 Å². The van der Waals surface area contributed by atoms with Gasteiger partial charge in [0.15, 0.2) is 0 Å². The van der Waals surface area contributed by atoms with Crippen molar-refractivity contribution < 1.29 is 14.6 Å². The Morgan fingerprint density at radius 1 is 0.898 bits per heavy atom. The number of hydrogen-bond donors (Lipinski definition) is 1. The highest BCUT2D eigenvalue weighted by molar-refractivity contribution is 5.37. The summed E-state index contributed by atoms with van der Waals surface area (Å²) in [5.41, 5.74) is 3.54. The number of ether oxygens (including phenoxy) is 1. The molecule has 0 aromatic heterocycles. The Kier molecular flexibility index (Phi) is 28.3. The van der Waals surface area contributed by atoms with Crippen molar-refractivity contribution in [1.82, 2.24) is 0 Å². The van der Waals surface area contributed by atoms with Crippen molar-refractivity contribution >= 4 is 6.47 Å². The van der Waals surface area contributed by atoms with Gasteiger partial charge < -0.3 is 9.84 Å². The van der Waals surface area contributed by atoms with E-state index in [0.717, 1.165) is 35.7 Å². The van der Waals surface area contributed by atoms with Crippen LogP contribution in [0.4, 0.5) is 0 Å². The minimum Gasteiger partial charge on any atom is -0.463 e. The van der Waals surface area contributed by atoms with Crippen LogP contribution in [0.25, 0.3) is 0 Å². The van der Waals surface area contributed by atoms with Gasteiger partial charge in [-0.1, -0.05) is 165 Å². The minimum absolute atomic E-state index is 0.128. The van der Waals surface area contributed by atoms with Crippen molar-refractivity contribution in [2.75, 3.05) is 0 Å². The molecule has 7 atom stereocenters. The Balaban J connectivity index is 0. The summed E-state index contributed by atoms with van der Waals surface area (Å²) in [6.45, 7) is 33.8. The number of aliphatic hydroxyl groups excluding tert-OH is 1. The molecule has 1 aromatic rings. The van der Waals surface area contributed by atoms with Gasteiger partial charge in [-0.2, -0.15) is 0 Å². The fourth-order valence-electron chi connectivity index (χ4n) is 9.15. The summed E-state index contributed by atoms with van der Waals surface area (Å²) < 4.78 is 4.54. The average molecular weight is 687 g/mol. The number of benzene rings is 1. The number of allylic oxidation sites excluding steroid dienone is 2. The Hall–Kier alpha value is -1.61. The van der Waals surface area contributed by atoms with Crippen LogP contribution in [0.15, 0.2) is 42.0 Å². The van der Waals surface area contributed by atoms with Gasteiger partial charge in [-0.15, -0.1) is 0 Å². The quantitative estimate of drug-likeness (QED) is 0.135. The fourth-order valence-corrected chi connectivity index (χ4v) is 9.15. The van der Waals surface area contributed by atoms with Crippen molar-refractivity contribution in [3.05, 3.63) is 47.5 Å². The third-order valence-electron chi connectivity index (χ3n) is 11.4. The molecule has 2 fully saturated rings. The van der Waals surface area contributed by atoms with Gasteiger partial charge in [0, 0.05) is 0 Å². The molecule has 0 aliphatic heterocycles. The third-order valence-corrected chi connectivity index (χ3v) is 11.4. The number of rotatable bonds is 12. The Bertz CT molecular complexity index is 935. The molecular weight excluding hydrogens is 601 g/mol. The van der Waals surface area contributed by atoms with E-state index in [1.54, 1.807) is 5.57 Å². The van der Waals surface area contributed by atoms with E-state index in [2.05, 4.69) is 59.3 Å². The van der Waals surface area contributed by atoms with Crippen LogP contribution in [0.2, 0.25) is 0 Å². The molecule has 0 heterocycles. The van der Waals surface area contributed by atoms with Crippen molar-refractivity contribution in [3.63, 3.8) is 0 Å². The SMILES string of the molecule is CC.CC.CC.CC.CCCCCC(C(O)CC)C1CCC2C(=CCC3CC(CC(C)C)CCC32C)C1(C)C.O=COCc1ccccc1. The van der Waals surface area contributed by atoms with E-state index in [4.69, 9.17) is 0 Å². The standard InChI is InChI=1S/C30H54O.C8H8O2.4C2H6/c1-8-10-11-12-24(28(31)9-2)25-15-16-27-26(29(25,5)6)14-13-23-20-22(19-21(3)4)17-18-30(23,27)7;9-7-10-6-8-4-2-1-3-5-8;4*1-2/h14,21-25,27-28,31H,8-13,15-20H2,1-7H3;1-5,7H,6H2;4*1-2H3. The van der Waals surface area contributed by atoms with Gasteiger partial charge in [-0.3, -0.25) is 4.79 Å². The monoisotopic (exact) mass is 687 g/mol. The number of unbranched alkanes of at least 4 members (excludes halogenated alkanes) is 2. The zero-order valence-corrected chi connectivity index (χ0v) is 35.5. The topological polar surface area (TPSA) is 46.5 Å². The van der Waals surface area contributed by atoms with Crippen LogP contribution in [0.5, 0.6) is 0 Å². The van der Waals surface area contributed by atoms with E-state index in [9.17, 15) is 9.90 Å². The van der Waals surface area contributed by atoms with Gasteiger partial charge in [0.25, 0.3) is 6.47 Å². The van der Waals surface area contributed by atoms with Crippen LogP contribution in [0.1, 0.15) is 186 Å².